The zero-order valence-electron chi connectivity index (χ0n) is 9.61. The maximum Gasteiger partial charge on any atom is 0.261 e. The first-order valence-electron chi connectivity index (χ1n) is 5.36. The molecule has 6 nitrogen and oxygen atoms in total. The van der Waals surface area contributed by atoms with Crippen LogP contribution < -0.4 is 0 Å². The van der Waals surface area contributed by atoms with Crippen molar-refractivity contribution < 1.29 is 4.52 Å². The summed E-state index contributed by atoms with van der Waals surface area (Å²) in [6.07, 6.45) is 6.68. The summed E-state index contributed by atoms with van der Waals surface area (Å²) in [6.45, 7) is 1.82. The molecular formula is C12H9N5O. The fourth-order valence-corrected chi connectivity index (χ4v) is 1.46. The number of hydrogen-bond acceptors (Lipinski definition) is 6. The molecule has 0 aliphatic heterocycles. The summed E-state index contributed by atoms with van der Waals surface area (Å²) in [4.78, 5) is 16.5. The van der Waals surface area contributed by atoms with E-state index in [-0.39, 0.29) is 0 Å². The average molecular weight is 239 g/mol. The Hall–Kier alpha value is -2.63. The Balaban J connectivity index is 1.97. The van der Waals surface area contributed by atoms with E-state index in [2.05, 4.69) is 25.1 Å². The molecule has 0 aliphatic carbocycles. The molecule has 0 N–H and O–H groups in total. The van der Waals surface area contributed by atoms with Gasteiger partial charge in [-0.2, -0.15) is 4.98 Å². The Labute approximate surface area is 103 Å². The van der Waals surface area contributed by atoms with Crippen LogP contribution in [0.15, 0.2) is 41.4 Å². The van der Waals surface area contributed by atoms with Gasteiger partial charge in [-0.15, -0.1) is 0 Å². The largest absolute Gasteiger partial charge is 0.333 e. The molecular weight excluding hydrogens is 230 g/mol. The summed E-state index contributed by atoms with van der Waals surface area (Å²) in [6, 6.07) is 3.69. The molecule has 0 aromatic carbocycles. The average Bonchev–Trinajstić information content (AvgIpc) is 2.90. The zero-order chi connectivity index (χ0) is 12.4. The van der Waals surface area contributed by atoms with E-state index in [9.17, 15) is 0 Å². The van der Waals surface area contributed by atoms with Crippen molar-refractivity contribution in [2.75, 3.05) is 0 Å². The summed E-state index contributed by atoms with van der Waals surface area (Å²) in [7, 11) is 0. The number of pyridine rings is 1. The first-order valence-corrected chi connectivity index (χ1v) is 5.36. The topological polar surface area (TPSA) is 77.6 Å². The van der Waals surface area contributed by atoms with Gasteiger partial charge in [0.25, 0.3) is 5.89 Å². The summed E-state index contributed by atoms with van der Waals surface area (Å²) >= 11 is 0. The maximum atomic E-state index is 5.18. The molecule has 6 heteroatoms. The smallest absolute Gasteiger partial charge is 0.261 e. The van der Waals surface area contributed by atoms with Crippen LogP contribution in [0.25, 0.3) is 22.8 Å². The van der Waals surface area contributed by atoms with Crippen molar-refractivity contribution in [3.8, 4) is 22.8 Å². The van der Waals surface area contributed by atoms with Crippen LogP contribution in [-0.4, -0.2) is 25.1 Å². The minimum atomic E-state index is 0.397. The fourth-order valence-electron chi connectivity index (χ4n) is 1.46. The normalized spacial score (nSPS) is 10.5. The molecule has 18 heavy (non-hydrogen) atoms. The third-order valence-corrected chi connectivity index (χ3v) is 2.37. The van der Waals surface area contributed by atoms with Gasteiger partial charge < -0.3 is 4.52 Å². The van der Waals surface area contributed by atoms with Crippen LogP contribution in [0.5, 0.6) is 0 Å². The number of aromatic nitrogens is 5. The highest BCUT2D eigenvalue weighted by Gasteiger charge is 2.10. The molecule has 0 saturated carbocycles. The Bertz CT molecular complexity index is 648. The number of aryl methyl sites for hydroxylation is 1. The van der Waals surface area contributed by atoms with Crippen LogP contribution >= 0.6 is 0 Å². The highest BCUT2D eigenvalue weighted by atomic mass is 16.5. The highest BCUT2D eigenvalue weighted by molar-refractivity contribution is 5.57. The fraction of sp³-hybridized carbons (Fsp3) is 0.0833. The quantitative estimate of drug-likeness (QED) is 0.679. The van der Waals surface area contributed by atoms with Crippen molar-refractivity contribution >= 4 is 0 Å². The monoisotopic (exact) mass is 239 g/mol. The number of rotatable bonds is 2. The Kier molecular flexibility index (Phi) is 2.53. The number of nitrogens with zero attached hydrogens (tertiary/aromatic N) is 5. The summed E-state index contributed by atoms with van der Waals surface area (Å²) in [5.41, 5.74) is 1.50. The molecule has 3 heterocycles. The lowest BCUT2D eigenvalue weighted by Crippen LogP contribution is -1.87. The van der Waals surface area contributed by atoms with E-state index in [0.717, 1.165) is 5.56 Å². The summed E-state index contributed by atoms with van der Waals surface area (Å²) in [5, 5.41) is 3.90. The van der Waals surface area contributed by atoms with E-state index in [0.29, 0.717) is 23.1 Å². The minimum absolute atomic E-state index is 0.397. The second kappa shape index (κ2) is 4.33. The van der Waals surface area contributed by atoms with Gasteiger partial charge in [0.2, 0.25) is 5.82 Å². The van der Waals surface area contributed by atoms with Gasteiger partial charge in [-0.1, -0.05) is 5.16 Å². The molecule has 0 atom stereocenters. The second-order valence-electron chi connectivity index (χ2n) is 3.68. The molecule has 0 radical (unpaired) electrons. The van der Waals surface area contributed by atoms with Crippen LogP contribution in [0.3, 0.4) is 0 Å². The lowest BCUT2D eigenvalue weighted by molar-refractivity contribution is 0.432. The molecule has 3 aromatic rings. The Morgan fingerprint density at radius 1 is 1.06 bits per heavy atom. The van der Waals surface area contributed by atoms with Gasteiger partial charge in [0.05, 0.1) is 5.56 Å². The van der Waals surface area contributed by atoms with Crippen LogP contribution in [0.4, 0.5) is 0 Å². The lowest BCUT2D eigenvalue weighted by Gasteiger charge is -1.93. The van der Waals surface area contributed by atoms with Gasteiger partial charge in [0.1, 0.15) is 5.82 Å². The van der Waals surface area contributed by atoms with Gasteiger partial charge in [-0.25, -0.2) is 9.97 Å². The van der Waals surface area contributed by atoms with E-state index in [1.807, 2.05) is 19.1 Å². The third-order valence-electron chi connectivity index (χ3n) is 2.37. The van der Waals surface area contributed by atoms with Crippen molar-refractivity contribution in [1.82, 2.24) is 25.1 Å². The maximum absolute atomic E-state index is 5.18. The van der Waals surface area contributed by atoms with Crippen molar-refractivity contribution in [2.45, 2.75) is 6.92 Å². The first kappa shape index (κ1) is 10.5. The van der Waals surface area contributed by atoms with Gasteiger partial charge in [0.15, 0.2) is 0 Å². The predicted molar refractivity (Wildman–Crippen MR) is 63.3 cm³/mol. The molecule has 0 amide bonds. The second-order valence-corrected chi connectivity index (χ2v) is 3.68. The molecule has 0 bridgehead atoms. The first-order chi connectivity index (χ1) is 8.83. The Morgan fingerprint density at radius 3 is 2.61 bits per heavy atom. The highest BCUT2D eigenvalue weighted by Crippen LogP contribution is 2.20. The molecule has 0 spiro atoms. The molecule has 88 valence electrons. The van der Waals surface area contributed by atoms with Gasteiger partial charge in [-0.05, 0) is 19.1 Å². The standard InChI is InChI=1S/C12H9N5O/c1-8-14-6-10(7-15-8)12-16-11(17-18-12)9-3-2-4-13-5-9/h2-7H,1H3. The van der Waals surface area contributed by atoms with Crippen molar-refractivity contribution in [1.29, 1.82) is 0 Å². The van der Waals surface area contributed by atoms with Crippen molar-refractivity contribution in [3.05, 3.63) is 42.7 Å². The predicted octanol–water partition coefficient (Wildman–Crippen LogP) is 1.90. The third kappa shape index (κ3) is 1.95. The zero-order valence-corrected chi connectivity index (χ0v) is 9.61. The van der Waals surface area contributed by atoms with Gasteiger partial charge in [-0.3, -0.25) is 4.98 Å². The van der Waals surface area contributed by atoms with Gasteiger partial charge in [0, 0.05) is 30.4 Å². The van der Waals surface area contributed by atoms with E-state index >= 15 is 0 Å². The minimum Gasteiger partial charge on any atom is -0.333 e. The van der Waals surface area contributed by atoms with Crippen LogP contribution in [0.1, 0.15) is 5.82 Å². The van der Waals surface area contributed by atoms with Crippen LogP contribution in [0, 0.1) is 6.92 Å². The van der Waals surface area contributed by atoms with E-state index < -0.39 is 0 Å². The molecule has 3 aromatic heterocycles. The molecule has 0 aliphatic rings. The van der Waals surface area contributed by atoms with E-state index in [1.165, 1.54) is 0 Å². The van der Waals surface area contributed by atoms with Crippen molar-refractivity contribution in [2.24, 2.45) is 0 Å². The molecule has 0 fully saturated rings. The Morgan fingerprint density at radius 2 is 1.89 bits per heavy atom. The van der Waals surface area contributed by atoms with E-state index in [4.69, 9.17) is 4.52 Å². The summed E-state index contributed by atoms with van der Waals surface area (Å²) in [5.74, 6) is 1.60. The molecule has 0 saturated heterocycles. The van der Waals surface area contributed by atoms with Gasteiger partial charge >= 0.3 is 0 Å². The SMILES string of the molecule is Cc1ncc(-c2nc(-c3cccnc3)no2)cn1. The molecule has 3 rings (SSSR count). The molecule has 0 unspecified atom stereocenters. The lowest BCUT2D eigenvalue weighted by atomic mass is 10.3. The summed E-state index contributed by atoms with van der Waals surface area (Å²) < 4.78 is 5.18. The number of hydrogen-bond donors (Lipinski definition) is 0. The van der Waals surface area contributed by atoms with Crippen LogP contribution in [-0.2, 0) is 0 Å². The van der Waals surface area contributed by atoms with E-state index in [1.54, 1.807) is 24.8 Å². The van der Waals surface area contributed by atoms with Crippen LogP contribution in [0.2, 0.25) is 0 Å². The van der Waals surface area contributed by atoms with Crippen molar-refractivity contribution in [3.63, 3.8) is 0 Å².